The van der Waals surface area contributed by atoms with Gasteiger partial charge in [0.05, 0.1) is 11.1 Å². The first-order chi connectivity index (χ1) is 34.0. The Morgan fingerprint density at radius 2 is 0.826 bits per heavy atom. The van der Waals surface area contributed by atoms with E-state index < -0.39 is 5.41 Å². The fraction of sp³-hybridized carbons (Fsp3) is 0.206. The van der Waals surface area contributed by atoms with Crippen LogP contribution in [0.25, 0.3) is 44.5 Å². The summed E-state index contributed by atoms with van der Waals surface area (Å²) in [4.78, 5) is 2.69. The molecule has 0 atom stereocenters. The van der Waals surface area contributed by atoms with E-state index in [1.54, 1.807) is 11.1 Å². The Morgan fingerprint density at radius 3 is 1.49 bits per heavy atom. The van der Waals surface area contributed by atoms with Gasteiger partial charge in [-0.15, -0.1) is 0 Å². The van der Waals surface area contributed by atoms with Gasteiger partial charge >= 0.3 is 0 Å². The van der Waals surface area contributed by atoms with Crippen LogP contribution in [0.5, 0.6) is 0 Å². The molecule has 9 aromatic rings. The summed E-state index contributed by atoms with van der Waals surface area (Å²) in [5, 5.41) is 0. The van der Waals surface area contributed by atoms with Gasteiger partial charge in [0.25, 0.3) is 0 Å². The molecule has 7 aliphatic rings. The predicted octanol–water partition coefficient (Wildman–Crippen LogP) is 17.2. The standard InChI is InChI=1S/C68H55N/c1-66(2)60-29-12-14-31-62(60)68(63-32-15-13-30-61(63)66)58-28-11-9-25-54(58)56-42-50(34-35-59(56)68)69(49-21-16-20-46(41-49)52-23-7-6-22-51(52)45-18-4-3-5-19-45)64-33-17-26-55-53-24-8-10-27-57(53)67(65(55)64)47-37-43-36-44(39-47)40-48(67)38-43/h3-35,41-44,47-48H,36-40H2,1-2H3. The lowest BCUT2D eigenvalue weighted by atomic mass is 9.43. The predicted molar refractivity (Wildman–Crippen MR) is 285 cm³/mol. The number of anilines is 3. The van der Waals surface area contributed by atoms with Crippen molar-refractivity contribution in [2.24, 2.45) is 23.7 Å². The Morgan fingerprint density at radius 1 is 0.348 bits per heavy atom. The van der Waals surface area contributed by atoms with Crippen molar-refractivity contribution in [1.29, 1.82) is 0 Å². The van der Waals surface area contributed by atoms with Crippen LogP contribution in [0, 0.1) is 23.7 Å². The third kappa shape index (κ3) is 5.21. The lowest BCUT2D eigenvalue weighted by Crippen LogP contribution is -2.55. The van der Waals surface area contributed by atoms with Crippen molar-refractivity contribution >= 4 is 17.1 Å². The molecule has 0 N–H and O–H groups in total. The maximum absolute atomic E-state index is 2.69. The second-order valence-corrected chi connectivity index (χ2v) is 22.0. The van der Waals surface area contributed by atoms with Gasteiger partial charge in [-0.3, -0.25) is 0 Å². The molecule has 0 amide bonds. The minimum Gasteiger partial charge on any atom is -0.310 e. The molecular formula is C68H55N. The van der Waals surface area contributed by atoms with Crippen LogP contribution in [0.1, 0.15) is 90.5 Å². The average Bonchev–Trinajstić information content (AvgIpc) is 3.86. The molecule has 0 unspecified atom stereocenters. The normalized spacial score (nSPS) is 22.9. The van der Waals surface area contributed by atoms with E-state index in [9.17, 15) is 0 Å². The van der Waals surface area contributed by atoms with Gasteiger partial charge in [-0.2, -0.15) is 0 Å². The molecular weight excluding hydrogens is 831 g/mol. The van der Waals surface area contributed by atoms with Crippen LogP contribution in [0.3, 0.4) is 0 Å². The maximum Gasteiger partial charge on any atom is 0.0719 e. The summed E-state index contributed by atoms with van der Waals surface area (Å²) in [7, 11) is 0. The Labute approximate surface area is 407 Å². The smallest absolute Gasteiger partial charge is 0.0719 e. The number of hydrogen-bond donors (Lipinski definition) is 0. The molecule has 9 aromatic carbocycles. The van der Waals surface area contributed by atoms with Gasteiger partial charge in [0.1, 0.15) is 0 Å². The monoisotopic (exact) mass is 885 g/mol. The summed E-state index contributed by atoms with van der Waals surface area (Å²) in [6, 6.07) is 81.7. The first-order valence-electron chi connectivity index (χ1n) is 25.7. The fourth-order valence-electron chi connectivity index (χ4n) is 16.2. The fourth-order valence-corrected chi connectivity index (χ4v) is 16.2. The van der Waals surface area contributed by atoms with E-state index in [0.29, 0.717) is 11.8 Å². The van der Waals surface area contributed by atoms with Crippen molar-refractivity contribution in [1.82, 2.24) is 0 Å². The molecule has 16 rings (SSSR count). The van der Waals surface area contributed by atoms with E-state index in [0.717, 1.165) is 11.8 Å². The van der Waals surface area contributed by atoms with Crippen LogP contribution in [0.4, 0.5) is 17.1 Å². The van der Waals surface area contributed by atoms with Gasteiger partial charge in [0.15, 0.2) is 0 Å². The van der Waals surface area contributed by atoms with Gasteiger partial charge in [-0.1, -0.05) is 196 Å². The van der Waals surface area contributed by atoms with Gasteiger partial charge in [-0.25, -0.2) is 0 Å². The summed E-state index contributed by atoms with van der Waals surface area (Å²) in [5.74, 6) is 3.02. The van der Waals surface area contributed by atoms with Crippen LogP contribution in [-0.2, 0) is 16.2 Å². The lowest BCUT2D eigenvalue weighted by molar-refractivity contribution is -0.0397. The minimum absolute atomic E-state index is 0.0125. The van der Waals surface area contributed by atoms with Gasteiger partial charge in [0, 0.05) is 22.2 Å². The molecule has 0 aromatic heterocycles. The molecule has 0 saturated heterocycles. The molecule has 332 valence electrons. The van der Waals surface area contributed by atoms with Crippen molar-refractivity contribution in [3.63, 3.8) is 0 Å². The SMILES string of the molecule is CC1(C)c2ccccc2C2(c3ccccc3-c3cc(N(c4cccc(-c5ccccc5-c5ccccc5)c4)c4cccc5c4C4(c6ccccc6-5)C5CC6CC(C5)CC4C6)ccc32)c2ccccc21. The highest BCUT2D eigenvalue weighted by Gasteiger charge is 2.62. The highest BCUT2D eigenvalue weighted by molar-refractivity contribution is 5.96. The summed E-state index contributed by atoms with van der Waals surface area (Å²) in [5.41, 5.74) is 25.2. The number of fused-ring (bicyclic) bond motifs is 12. The number of hydrogen-bond acceptors (Lipinski definition) is 1. The van der Waals surface area contributed by atoms with E-state index >= 15 is 0 Å². The summed E-state index contributed by atoms with van der Waals surface area (Å²) >= 11 is 0. The van der Waals surface area contributed by atoms with Crippen LogP contribution in [0.15, 0.2) is 212 Å². The van der Waals surface area contributed by atoms with Crippen LogP contribution >= 0.6 is 0 Å². The second kappa shape index (κ2) is 14.4. The zero-order valence-electron chi connectivity index (χ0n) is 39.5. The van der Waals surface area contributed by atoms with Crippen molar-refractivity contribution in [3.8, 4) is 44.5 Å². The van der Waals surface area contributed by atoms with Crippen LogP contribution in [-0.4, -0.2) is 0 Å². The van der Waals surface area contributed by atoms with E-state index in [-0.39, 0.29) is 10.8 Å². The Kier molecular flexibility index (Phi) is 8.30. The highest BCUT2D eigenvalue weighted by atomic mass is 15.1. The van der Waals surface area contributed by atoms with Crippen molar-refractivity contribution in [2.75, 3.05) is 4.90 Å². The Balaban J connectivity index is 1.00. The first kappa shape index (κ1) is 39.7. The molecule has 2 spiro atoms. The van der Waals surface area contributed by atoms with Gasteiger partial charge < -0.3 is 4.90 Å². The minimum atomic E-state index is -0.445. The summed E-state index contributed by atoms with van der Waals surface area (Å²) in [6.07, 6.45) is 6.82. The molecule has 0 heterocycles. The Hall–Kier alpha value is -7.22. The summed E-state index contributed by atoms with van der Waals surface area (Å²) < 4.78 is 0. The largest absolute Gasteiger partial charge is 0.310 e. The van der Waals surface area contributed by atoms with Crippen molar-refractivity contribution < 1.29 is 0 Å². The third-order valence-electron chi connectivity index (χ3n) is 18.5. The van der Waals surface area contributed by atoms with Crippen LogP contribution in [0.2, 0.25) is 0 Å². The molecule has 7 aliphatic carbocycles. The topological polar surface area (TPSA) is 3.24 Å². The molecule has 4 saturated carbocycles. The van der Waals surface area contributed by atoms with E-state index in [2.05, 4.69) is 231 Å². The zero-order chi connectivity index (χ0) is 45.6. The van der Waals surface area contributed by atoms with E-state index in [1.165, 1.54) is 127 Å². The highest BCUT2D eigenvalue weighted by Crippen LogP contribution is 2.71. The van der Waals surface area contributed by atoms with Crippen LogP contribution < -0.4 is 4.90 Å². The van der Waals surface area contributed by atoms with Gasteiger partial charge in [-0.05, 0) is 175 Å². The molecule has 1 heteroatoms. The summed E-state index contributed by atoms with van der Waals surface area (Å²) in [6.45, 7) is 4.83. The maximum atomic E-state index is 2.69. The van der Waals surface area contributed by atoms with E-state index in [4.69, 9.17) is 0 Å². The molecule has 0 aliphatic heterocycles. The quantitative estimate of drug-likeness (QED) is 0.166. The second-order valence-electron chi connectivity index (χ2n) is 22.0. The average molecular weight is 886 g/mol. The molecule has 69 heavy (non-hydrogen) atoms. The van der Waals surface area contributed by atoms with Crippen molar-refractivity contribution in [3.05, 3.63) is 257 Å². The first-order valence-corrected chi connectivity index (χ1v) is 25.7. The zero-order valence-corrected chi connectivity index (χ0v) is 39.5. The van der Waals surface area contributed by atoms with E-state index in [1.807, 2.05) is 0 Å². The molecule has 0 radical (unpaired) electrons. The molecule has 1 nitrogen and oxygen atoms in total. The molecule has 4 bridgehead atoms. The number of nitrogens with zero attached hydrogens (tertiary/aromatic N) is 1. The Bertz CT molecular complexity index is 3490. The van der Waals surface area contributed by atoms with Crippen molar-refractivity contribution in [2.45, 2.75) is 62.2 Å². The molecule has 4 fully saturated rings. The third-order valence-corrected chi connectivity index (χ3v) is 18.5. The lowest BCUT2D eigenvalue weighted by Gasteiger charge is -2.61. The number of rotatable bonds is 5. The number of benzene rings is 9. The van der Waals surface area contributed by atoms with Gasteiger partial charge in [0.2, 0.25) is 0 Å².